The zero-order chi connectivity index (χ0) is 27.2. The molecular weight excluding hydrogens is 470 g/mol. The highest BCUT2D eigenvalue weighted by Gasteiger charge is 2.34. The maximum Gasteiger partial charge on any atom is 0.326 e. The van der Waals surface area contributed by atoms with Crippen LogP contribution in [0.1, 0.15) is 33.3 Å². The number of aliphatic hydroxyl groups excluding tert-OH is 2. The van der Waals surface area contributed by atoms with Crippen molar-refractivity contribution in [1.82, 2.24) is 20.9 Å². The number of amides is 3. The Morgan fingerprint density at radius 3 is 2.03 bits per heavy atom. The molecule has 9 N–H and O–H groups in total. The predicted molar refractivity (Wildman–Crippen MR) is 132 cm³/mol. The van der Waals surface area contributed by atoms with Crippen LogP contribution in [-0.2, 0) is 25.6 Å². The fraction of sp³-hybridized carbons (Fsp3) is 0.500. The molecule has 3 amide bonds. The first-order valence-electron chi connectivity index (χ1n) is 11.6. The first-order valence-corrected chi connectivity index (χ1v) is 11.6. The molecule has 0 aliphatic carbocycles. The number of H-pyrrole nitrogens is 1. The number of fused-ring (bicyclic) bond motifs is 1. The van der Waals surface area contributed by atoms with Crippen molar-refractivity contribution in [2.24, 2.45) is 11.7 Å². The largest absolute Gasteiger partial charge is 0.480 e. The van der Waals surface area contributed by atoms with Gasteiger partial charge in [-0.25, -0.2) is 4.79 Å². The summed E-state index contributed by atoms with van der Waals surface area (Å²) in [5.74, 6) is -4.16. The summed E-state index contributed by atoms with van der Waals surface area (Å²) in [4.78, 5) is 53.1. The van der Waals surface area contributed by atoms with E-state index in [9.17, 15) is 34.5 Å². The van der Waals surface area contributed by atoms with Crippen LogP contribution < -0.4 is 21.7 Å². The van der Waals surface area contributed by atoms with Crippen molar-refractivity contribution in [3.05, 3.63) is 36.0 Å². The van der Waals surface area contributed by atoms with Crippen molar-refractivity contribution < 1.29 is 34.5 Å². The molecule has 0 spiro atoms. The second kappa shape index (κ2) is 12.5. The highest BCUT2D eigenvalue weighted by atomic mass is 16.4. The third-order valence-corrected chi connectivity index (χ3v) is 5.85. The Morgan fingerprint density at radius 2 is 1.47 bits per heavy atom. The van der Waals surface area contributed by atoms with E-state index in [4.69, 9.17) is 5.73 Å². The van der Waals surface area contributed by atoms with Gasteiger partial charge in [0.25, 0.3) is 0 Å². The maximum absolute atomic E-state index is 13.0. The Kier molecular flexibility index (Phi) is 9.96. The molecule has 0 aliphatic rings. The van der Waals surface area contributed by atoms with Crippen LogP contribution in [0.25, 0.3) is 10.9 Å². The summed E-state index contributed by atoms with van der Waals surface area (Å²) in [6, 6.07) is 2.13. The minimum absolute atomic E-state index is 0.00738. The predicted octanol–water partition coefficient (Wildman–Crippen LogP) is -1.01. The van der Waals surface area contributed by atoms with Crippen molar-refractivity contribution in [3.8, 4) is 0 Å². The van der Waals surface area contributed by atoms with Crippen LogP contribution in [0.3, 0.4) is 0 Å². The first kappa shape index (κ1) is 28.8. The van der Waals surface area contributed by atoms with Crippen LogP contribution in [0, 0.1) is 5.92 Å². The number of rotatable bonds is 12. The third kappa shape index (κ3) is 7.26. The molecule has 0 fully saturated rings. The summed E-state index contributed by atoms with van der Waals surface area (Å²) in [5, 5.41) is 37.3. The molecule has 2 rings (SSSR count). The Bertz CT molecular complexity index is 1080. The molecule has 0 saturated heterocycles. The molecule has 0 saturated carbocycles. The summed E-state index contributed by atoms with van der Waals surface area (Å²) < 4.78 is 0. The molecule has 6 atom stereocenters. The summed E-state index contributed by atoms with van der Waals surface area (Å²) >= 11 is 0. The second-order valence-corrected chi connectivity index (χ2v) is 9.19. The van der Waals surface area contributed by atoms with E-state index in [0.29, 0.717) is 5.56 Å². The minimum Gasteiger partial charge on any atom is -0.480 e. The number of aromatic amines is 1. The average molecular weight is 506 g/mol. The van der Waals surface area contributed by atoms with Crippen LogP contribution in [0.5, 0.6) is 0 Å². The molecule has 1 heterocycles. The number of benzene rings is 1. The van der Waals surface area contributed by atoms with E-state index >= 15 is 0 Å². The normalized spacial score (nSPS) is 16.4. The van der Waals surface area contributed by atoms with Crippen molar-refractivity contribution in [3.63, 3.8) is 0 Å². The minimum atomic E-state index is -1.46. The van der Waals surface area contributed by atoms with Gasteiger partial charge in [0.1, 0.15) is 24.2 Å². The quantitative estimate of drug-likeness (QED) is 0.179. The summed E-state index contributed by atoms with van der Waals surface area (Å²) in [5.41, 5.74) is 7.12. The molecule has 0 bridgehead atoms. The molecular formula is C24H35N5O7. The topological polar surface area (TPSA) is 207 Å². The van der Waals surface area contributed by atoms with Crippen molar-refractivity contribution in [1.29, 1.82) is 0 Å². The van der Waals surface area contributed by atoms with E-state index in [0.717, 1.165) is 10.9 Å². The number of carbonyl (C=O) groups is 4. The standard InChI is InChI=1S/C24H35N5O7/c1-11(2)19(28-23(34)20(13(4)31)29-21(32)18(25)12(3)30)22(33)27-17(24(35)36)9-14-10-26-16-8-6-5-7-15(14)16/h5-8,10-13,17-20,26,30-31H,9,25H2,1-4H3,(H,27,33)(H,28,34)(H,29,32)(H,35,36). The Balaban J connectivity index is 2.15. The molecule has 6 unspecified atom stereocenters. The number of carboxylic acids is 1. The number of aliphatic hydroxyl groups is 2. The number of hydrogen-bond donors (Lipinski definition) is 8. The van der Waals surface area contributed by atoms with E-state index in [1.54, 1.807) is 20.0 Å². The zero-order valence-electron chi connectivity index (χ0n) is 20.7. The van der Waals surface area contributed by atoms with Crippen molar-refractivity contribution in [2.75, 3.05) is 0 Å². The van der Waals surface area contributed by atoms with Crippen LogP contribution in [-0.4, -0.2) is 80.4 Å². The van der Waals surface area contributed by atoms with Crippen LogP contribution in [0.4, 0.5) is 0 Å². The SMILES string of the molecule is CC(C)C(NC(=O)C(NC(=O)C(N)C(C)O)C(C)O)C(=O)NC(Cc1c[nH]c2ccccc12)C(=O)O. The molecule has 12 heteroatoms. The lowest BCUT2D eigenvalue weighted by atomic mass is 10.00. The summed E-state index contributed by atoms with van der Waals surface area (Å²) in [6.45, 7) is 5.87. The second-order valence-electron chi connectivity index (χ2n) is 9.19. The highest BCUT2D eigenvalue weighted by Crippen LogP contribution is 2.19. The Morgan fingerprint density at radius 1 is 0.889 bits per heavy atom. The van der Waals surface area contributed by atoms with E-state index in [1.165, 1.54) is 13.8 Å². The van der Waals surface area contributed by atoms with Gasteiger partial charge in [0.05, 0.1) is 12.2 Å². The van der Waals surface area contributed by atoms with E-state index < -0.39 is 66.0 Å². The smallest absolute Gasteiger partial charge is 0.326 e. The van der Waals surface area contributed by atoms with Gasteiger partial charge in [-0.1, -0.05) is 32.0 Å². The van der Waals surface area contributed by atoms with Crippen molar-refractivity contribution in [2.45, 2.75) is 70.5 Å². The van der Waals surface area contributed by atoms with Gasteiger partial charge in [-0.05, 0) is 31.4 Å². The number of carbonyl (C=O) groups excluding carboxylic acids is 3. The highest BCUT2D eigenvalue weighted by molar-refractivity contribution is 5.94. The zero-order valence-corrected chi connectivity index (χ0v) is 20.7. The van der Waals surface area contributed by atoms with Gasteiger partial charge in [0.15, 0.2) is 0 Å². The molecule has 1 aromatic carbocycles. The molecule has 2 aromatic rings. The molecule has 12 nitrogen and oxygen atoms in total. The first-order chi connectivity index (χ1) is 16.8. The number of aromatic nitrogens is 1. The third-order valence-electron chi connectivity index (χ3n) is 5.85. The van der Waals surface area contributed by atoms with Crippen LogP contribution in [0.15, 0.2) is 30.5 Å². The Hall–Kier alpha value is -3.48. The van der Waals surface area contributed by atoms with Crippen molar-refractivity contribution >= 4 is 34.6 Å². The fourth-order valence-electron chi connectivity index (χ4n) is 3.63. The van der Waals surface area contributed by atoms with Gasteiger partial charge in [-0.15, -0.1) is 0 Å². The number of carboxylic acid groups (broad SMARTS) is 1. The van der Waals surface area contributed by atoms with Gasteiger partial charge in [-0.3, -0.25) is 14.4 Å². The van der Waals surface area contributed by atoms with Gasteiger partial charge >= 0.3 is 5.97 Å². The lowest BCUT2D eigenvalue weighted by Gasteiger charge is -2.28. The van der Waals surface area contributed by atoms with Crippen LogP contribution in [0.2, 0.25) is 0 Å². The van der Waals surface area contributed by atoms with E-state index in [2.05, 4.69) is 20.9 Å². The molecule has 0 aliphatic heterocycles. The summed E-state index contributed by atoms with van der Waals surface area (Å²) in [6.07, 6.45) is -0.850. The Labute approximate surface area is 208 Å². The van der Waals surface area contributed by atoms with Gasteiger partial charge < -0.3 is 42.0 Å². The van der Waals surface area contributed by atoms with E-state index in [-0.39, 0.29) is 6.42 Å². The van der Waals surface area contributed by atoms with Gasteiger partial charge in [0, 0.05) is 23.5 Å². The number of para-hydroxylation sites is 1. The average Bonchev–Trinajstić information content (AvgIpc) is 3.21. The number of aliphatic carboxylic acids is 1. The van der Waals surface area contributed by atoms with E-state index in [1.807, 2.05) is 24.3 Å². The fourth-order valence-corrected chi connectivity index (χ4v) is 3.63. The van der Waals surface area contributed by atoms with Gasteiger partial charge in [0.2, 0.25) is 17.7 Å². The molecule has 0 radical (unpaired) electrons. The monoisotopic (exact) mass is 505 g/mol. The lowest BCUT2D eigenvalue weighted by molar-refractivity contribution is -0.142. The molecule has 36 heavy (non-hydrogen) atoms. The number of hydrogen-bond acceptors (Lipinski definition) is 7. The number of nitrogens with two attached hydrogens (primary N) is 1. The maximum atomic E-state index is 13.0. The molecule has 198 valence electrons. The lowest BCUT2D eigenvalue weighted by Crippen LogP contribution is -2.61. The van der Waals surface area contributed by atoms with Crippen LogP contribution >= 0.6 is 0 Å². The summed E-state index contributed by atoms with van der Waals surface area (Å²) in [7, 11) is 0. The molecule has 1 aromatic heterocycles. The van der Waals surface area contributed by atoms with Gasteiger partial charge in [-0.2, -0.15) is 0 Å². The number of nitrogens with one attached hydrogen (secondary N) is 4.